The van der Waals surface area contributed by atoms with Crippen LogP contribution in [0.1, 0.15) is 31.7 Å². The summed E-state index contributed by atoms with van der Waals surface area (Å²) in [6.07, 6.45) is 1.02. The van der Waals surface area contributed by atoms with E-state index >= 15 is 0 Å². The van der Waals surface area contributed by atoms with E-state index in [0.29, 0.717) is 5.92 Å². The molecule has 0 bridgehead atoms. The average Bonchev–Trinajstić information content (AvgIpc) is 2.47. The van der Waals surface area contributed by atoms with E-state index in [1.54, 1.807) is 12.1 Å². The molecular weight excluding hydrogens is 272 g/mol. The van der Waals surface area contributed by atoms with Crippen molar-refractivity contribution in [2.24, 2.45) is 0 Å². The second-order valence-corrected chi connectivity index (χ2v) is 6.83. The van der Waals surface area contributed by atoms with E-state index in [4.69, 9.17) is 0 Å². The first-order chi connectivity index (χ1) is 9.45. The number of aromatic hydroxyl groups is 1. The van der Waals surface area contributed by atoms with Crippen LogP contribution in [-0.2, 0) is 9.84 Å². The molecule has 4 heteroatoms. The Bertz CT molecular complexity index is 671. The SMILES string of the molecule is CCC(C)c1ccc(S(=O)(=O)c2ccc(O)cc2)cc1. The number of benzene rings is 2. The minimum absolute atomic E-state index is 0.0519. The van der Waals surface area contributed by atoms with Crippen molar-refractivity contribution in [2.75, 3.05) is 0 Å². The Labute approximate surface area is 119 Å². The van der Waals surface area contributed by atoms with Crippen LogP contribution in [0.3, 0.4) is 0 Å². The van der Waals surface area contributed by atoms with Gasteiger partial charge in [-0.2, -0.15) is 0 Å². The zero-order valence-corrected chi connectivity index (χ0v) is 12.4. The molecule has 2 rings (SSSR count). The van der Waals surface area contributed by atoms with Crippen molar-refractivity contribution in [3.8, 4) is 5.75 Å². The van der Waals surface area contributed by atoms with Crippen LogP contribution in [0.25, 0.3) is 0 Å². The quantitative estimate of drug-likeness (QED) is 0.933. The van der Waals surface area contributed by atoms with Gasteiger partial charge in [-0.1, -0.05) is 26.0 Å². The Morgan fingerprint density at radius 3 is 1.85 bits per heavy atom. The second kappa shape index (κ2) is 5.67. The fraction of sp³-hybridized carbons (Fsp3) is 0.250. The normalized spacial score (nSPS) is 13.1. The topological polar surface area (TPSA) is 54.4 Å². The molecule has 0 aliphatic carbocycles. The first-order valence-corrected chi connectivity index (χ1v) is 8.07. The van der Waals surface area contributed by atoms with E-state index in [2.05, 4.69) is 13.8 Å². The van der Waals surface area contributed by atoms with E-state index in [9.17, 15) is 13.5 Å². The molecule has 0 saturated carbocycles. The zero-order chi connectivity index (χ0) is 14.8. The molecule has 1 N–H and O–H groups in total. The van der Waals surface area contributed by atoms with Crippen molar-refractivity contribution < 1.29 is 13.5 Å². The van der Waals surface area contributed by atoms with Gasteiger partial charge in [0.2, 0.25) is 9.84 Å². The van der Waals surface area contributed by atoms with Gasteiger partial charge in [-0.3, -0.25) is 0 Å². The largest absolute Gasteiger partial charge is 0.508 e. The summed E-state index contributed by atoms with van der Waals surface area (Å²) in [6.45, 7) is 4.22. The maximum atomic E-state index is 12.4. The number of rotatable bonds is 4. The standard InChI is InChI=1S/C16H18O3S/c1-3-12(2)13-4-8-15(9-5-13)20(18,19)16-10-6-14(17)7-11-16/h4-12,17H,3H2,1-2H3. The molecule has 0 aliphatic rings. The Morgan fingerprint density at radius 2 is 1.40 bits per heavy atom. The lowest BCUT2D eigenvalue weighted by Crippen LogP contribution is -2.02. The van der Waals surface area contributed by atoms with Crippen LogP contribution < -0.4 is 0 Å². The summed E-state index contributed by atoms with van der Waals surface area (Å²) in [5.74, 6) is 0.469. The van der Waals surface area contributed by atoms with E-state index < -0.39 is 9.84 Å². The highest BCUT2D eigenvalue weighted by molar-refractivity contribution is 7.91. The minimum atomic E-state index is -3.52. The fourth-order valence-corrected chi connectivity index (χ4v) is 3.23. The average molecular weight is 290 g/mol. The third-order valence-corrected chi connectivity index (χ3v) is 5.30. The molecule has 1 unspecified atom stereocenters. The molecule has 1 atom stereocenters. The zero-order valence-electron chi connectivity index (χ0n) is 11.6. The van der Waals surface area contributed by atoms with Gasteiger partial charge >= 0.3 is 0 Å². The molecule has 0 radical (unpaired) electrons. The maximum absolute atomic E-state index is 12.4. The fourth-order valence-electron chi connectivity index (χ4n) is 1.97. The monoisotopic (exact) mass is 290 g/mol. The highest BCUT2D eigenvalue weighted by Crippen LogP contribution is 2.25. The predicted molar refractivity (Wildman–Crippen MR) is 78.7 cm³/mol. The summed E-state index contributed by atoms with van der Waals surface area (Å²) in [5, 5.41) is 9.22. The summed E-state index contributed by atoms with van der Waals surface area (Å²) in [5.41, 5.74) is 1.14. The smallest absolute Gasteiger partial charge is 0.206 e. The molecule has 2 aromatic rings. The molecule has 0 heterocycles. The van der Waals surface area contributed by atoms with Crippen LogP contribution in [-0.4, -0.2) is 13.5 Å². The lowest BCUT2D eigenvalue weighted by atomic mass is 9.99. The van der Waals surface area contributed by atoms with Crippen molar-refractivity contribution in [1.29, 1.82) is 0 Å². The summed E-state index contributed by atoms with van der Waals surface area (Å²) in [7, 11) is -3.52. The van der Waals surface area contributed by atoms with E-state index in [1.165, 1.54) is 24.3 Å². The molecular formula is C16H18O3S. The molecule has 0 aromatic heterocycles. The lowest BCUT2D eigenvalue weighted by Gasteiger charge is -2.10. The van der Waals surface area contributed by atoms with Crippen molar-refractivity contribution in [3.63, 3.8) is 0 Å². The summed E-state index contributed by atoms with van der Waals surface area (Å²) >= 11 is 0. The molecule has 2 aromatic carbocycles. The molecule has 0 fully saturated rings. The number of hydrogen-bond donors (Lipinski definition) is 1. The summed E-state index contributed by atoms with van der Waals surface area (Å²) < 4.78 is 24.8. The molecule has 106 valence electrons. The van der Waals surface area contributed by atoms with E-state index in [1.807, 2.05) is 12.1 Å². The summed E-state index contributed by atoms with van der Waals surface area (Å²) in [4.78, 5) is 0.460. The Balaban J connectivity index is 2.37. The number of sulfone groups is 1. The second-order valence-electron chi connectivity index (χ2n) is 4.88. The Hall–Kier alpha value is -1.81. The van der Waals surface area contributed by atoms with Crippen molar-refractivity contribution in [1.82, 2.24) is 0 Å². The van der Waals surface area contributed by atoms with E-state index in [-0.39, 0.29) is 15.5 Å². The third kappa shape index (κ3) is 2.85. The minimum Gasteiger partial charge on any atom is -0.508 e. The van der Waals surface area contributed by atoms with Gasteiger partial charge < -0.3 is 5.11 Å². The molecule has 3 nitrogen and oxygen atoms in total. The predicted octanol–water partition coefficient (Wildman–Crippen LogP) is 3.74. The maximum Gasteiger partial charge on any atom is 0.206 e. The Kier molecular flexibility index (Phi) is 4.14. The molecule has 20 heavy (non-hydrogen) atoms. The van der Waals surface area contributed by atoms with Gasteiger partial charge in [0.1, 0.15) is 5.75 Å². The first-order valence-electron chi connectivity index (χ1n) is 6.59. The molecule has 0 amide bonds. The van der Waals surface area contributed by atoms with Crippen LogP contribution in [0.5, 0.6) is 5.75 Å². The third-order valence-electron chi connectivity index (χ3n) is 3.52. The van der Waals surface area contributed by atoms with E-state index in [0.717, 1.165) is 12.0 Å². The van der Waals surface area contributed by atoms with Gasteiger partial charge in [0.15, 0.2) is 0 Å². The van der Waals surface area contributed by atoms with Gasteiger partial charge in [-0.15, -0.1) is 0 Å². The van der Waals surface area contributed by atoms with Crippen molar-refractivity contribution in [3.05, 3.63) is 54.1 Å². The van der Waals surface area contributed by atoms with Gasteiger partial charge in [0, 0.05) is 0 Å². The van der Waals surface area contributed by atoms with Crippen molar-refractivity contribution >= 4 is 9.84 Å². The lowest BCUT2D eigenvalue weighted by molar-refractivity contribution is 0.475. The van der Waals surface area contributed by atoms with Crippen LogP contribution in [0.15, 0.2) is 58.3 Å². The highest BCUT2D eigenvalue weighted by Gasteiger charge is 2.17. The number of phenolic OH excluding ortho intramolecular Hbond substituents is 1. The summed E-state index contributed by atoms with van der Waals surface area (Å²) in [6, 6.07) is 12.6. The van der Waals surface area contributed by atoms with Crippen molar-refractivity contribution in [2.45, 2.75) is 36.0 Å². The van der Waals surface area contributed by atoms with Gasteiger partial charge in [0.25, 0.3) is 0 Å². The van der Waals surface area contributed by atoms with Gasteiger partial charge in [-0.05, 0) is 54.3 Å². The van der Waals surface area contributed by atoms with Gasteiger partial charge in [0.05, 0.1) is 9.79 Å². The Morgan fingerprint density at radius 1 is 0.950 bits per heavy atom. The van der Waals surface area contributed by atoms with Crippen LogP contribution in [0.4, 0.5) is 0 Å². The molecule has 0 spiro atoms. The van der Waals surface area contributed by atoms with Crippen LogP contribution in [0.2, 0.25) is 0 Å². The van der Waals surface area contributed by atoms with Gasteiger partial charge in [-0.25, -0.2) is 8.42 Å². The highest BCUT2D eigenvalue weighted by atomic mass is 32.2. The molecule has 0 aliphatic heterocycles. The van der Waals surface area contributed by atoms with Crippen LogP contribution >= 0.6 is 0 Å². The molecule has 0 saturated heterocycles. The number of phenols is 1. The van der Waals surface area contributed by atoms with Crippen LogP contribution in [0, 0.1) is 0 Å². The number of hydrogen-bond acceptors (Lipinski definition) is 3. The first kappa shape index (κ1) is 14.6.